The van der Waals surface area contributed by atoms with E-state index in [1.807, 2.05) is 0 Å². The van der Waals surface area contributed by atoms with Gasteiger partial charge in [0, 0.05) is 13.2 Å². The number of pyridine rings is 2. The van der Waals surface area contributed by atoms with Crippen LogP contribution in [0.25, 0.3) is 0 Å². The van der Waals surface area contributed by atoms with E-state index in [-0.39, 0.29) is 10.8 Å². The molecule has 6 nitrogen and oxygen atoms in total. The molecule has 2 aromatic rings. The number of nitrogens with two attached hydrogens (primary N) is 1. The third kappa shape index (κ3) is 2.25. The number of hydrogen-bond donors (Lipinski definition) is 1. The molecule has 0 unspecified atom stereocenters. The Kier molecular flexibility index (Phi) is 3.15. The Morgan fingerprint density at radius 3 is 2.50 bits per heavy atom. The minimum Gasteiger partial charge on any atom is -0.397 e. The average Bonchev–Trinajstić information content (AvgIpc) is 2.40. The molecule has 0 saturated heterocycles. The fourth-order valence-corrected chi connectivity index (χ4v) is 2.43. The van der Waals surface area contributed by atoms with E-state index in [9.17, 15) is 8.42 Å². The Morgan fingerprint density at radius 1 is 1.17 bits per heavy atom. The molecule has 0 saturated carbocycles. The maximum atomic E-state index is 12.2. The number of hydrogen-bond acceptors (Lipinski definition) is 5. The predicted octanol–water partition coefficient (Wildman–Crippen LogP) is 0.884. The van der Waals surface area contributed by atoms with Gasteiger partial charge in [0.2, 0.25) is 0 Å². The first-order valence-electron chi connectivity index (χ1n) is 5.13. The van der Waals surface area contributed by atoms with Gasteiger partial charge in [-0.3, -0.25) is 4.31 Å². The molecule has 18 heavy (non-hydrogen) atoms. The summed E-state index contributed by atoms with van der Waals surface area (Å²) in [5.74, 6) is 0.287. The van der Waals surface area contributed by atoms with Crippen molar-refractivity contribution in [2.45, 2.75) is 5.03 Å². The van der Waals surface area contributed by atoms with Crippen LogP contribution in [0.5, 0.6) is 0 Å². The van der Waals surface area contributed by atoms with Gasteiger partial charge in [-0.25, -0.2) is 9.97 Å². The molecule has 2 aromatic heterocycles. The van der Waals surface area contributed by atoms with Crippen molar-refractivity contribution in [2.75, 3.05) is 17.1 Å². The minimum atomic E-state index is -3.69. The molecule has 0 amide bonds. The minimum absolute atomic E-state index is 0.0221. The van der Waals surface area contributed by atoms with Gasteiger partial charge in [-0.05, 0) is 24.3 Å². The molecule has 0 bridgehead atoms. The van der Waals surface area contributed by atoms with Crippen LogP contribution in [0.2, 0.25) is 0 Å². The first-order chi connectivity index (χ1) is 8.51. The molecule has 0 fully saturated rings. The van der Waals surface area contributed by atoms with E-state index >= 15 is 0 Å². The van der Waals surface area contributed by atoms with Gasteiger partial charge in [-0.15, -0.1) is 0 Å². The zero-order valence-corrected chi connectivity index (χ0v) is 10.5. The predicted molar refractivity (Wildman–Crippen MR) is 68.5 cm³/mol. The molecule has 0 spiro atoms. The Labute approximate surface area is 105 Å². The summed E-state index contributed by atoms with van der Waals surface area (Å²) in [5.41, 5.74) is 5.98. The second-order valence-corrected chi connectivity index (χ2v) is 5.51. The second kappa shape index (κ2) is 4.61. The van der Waals surface area contributed by atoms with E-state index in [0.29, 0.717) is 5.69 Å². The van der Waals surface area contributed by atoms with Gasteiger partial charge in [0.1, 0.15) is 5.82 Å². The largest absolute Gasteiger partial charge is 0.397 e. The molecule has 0 aromatic carbocycles. The maximum absolute atomic E-state index is 12.2. The Morgan fingerprint density at radius 2 is 1.94 bits per heavy atom. The van der Waals surface area contributed by atoms with E-state index in [1.54, 1.807) is 18.2 Å². The average molecular weight is 264 g/mol. The molecule has 2 heterocycles. The molecule has 0 radical (unpaired) electrons. The number of aromatic nitrogens is 2. The van der Waals surface area contributed by atoms with Gasteiger partial charge in [0.25, 0.3) is 10.0 Å². The second-order valence-electron chi connectivity index (χ2n) is 3.59. The zero-order chi connectivity index (χ0) is 13.2. The number of anilines is 2. The van der Waals surface area contributed by atoms with Crippen molar-refractivity contribution in [3.05, 3.63) is 42.7 Å². The molecular formula is C11H12N4O2S. The summed E-state index contributed by atoms with van der Waals surface area (Å²) in [6.45, 7) is 0. The standard InChI is InChI=1S/C11H12N4O2S/c1-15(10-6-5-9(12)8-14-10)18(16,17)11-4-2-3-7-13-11/h2-8H,12H2,1H3. The quantitative estimate of drug-likeness (QED) is 0.889. The van der Waals surface area contributed by atoms with E-state index in [4.69, 9.17) is 5.73 Å². The lowest BCUT2D eigenvalue weighted by Crippen LogP contribution is -2.28. The van der Waals surface area contributed by atoms with Gasteiger partial charge >= 0.3 is 0 Å². The van der Waals surface area contributed by atoms with Crippen LogP contribution in [0, 0.1) is 0 Å². The third-order valence-corrected chi connectivity index (χ3v) is 4.03. The summed E-state index contributed by atoms with van der Waals surface area (Å²) in [6, 6.07) is 7.83. The number of nitrogens with zero attached hydrogens (tertiary/aromatic N) is 3. The van der Waals surface area contributed by atoms with Crippen molar-refractivity contribution in [3.8, 4) is 0 Å². The highest BCUT2D eigenvalue weighted by Gasteiger charge is 2.22. The molecule has 2 N–H and O–H groups in total. The van der Waals surface area contributed by atoms with Gasteiger partial charge in [0.05, 0.1) is 11.9 Å². The van der Waals surface area contributed by atoms with Crippen LogP contribution in [0.4, 0.5) is 11.5 Å². The van der Waals surface area contributed by atoms with Gasteiger partial charge in [0.15, 0.2) is 5.03 Å². The van der Waals surface area contributed by atoms with Crippen molar-refractivity contribution in [1.29, 1.82) is 0 Å². The van der Waals surface area contributed by atoms with E-state index < -0.39 is 10.0 Å². The molecule has 0 aliphatic rings. The summed E-state index contributed by atoms with van der Waals surface area (Å²) < 4.78 is 25.5. The third-order valence-electron chi connectivity index (χ3n) is 2.36. The van der Waals surface area contributed by atoms with Crippen LogP contribution in [0.3, 0.4) is 0 Å². The van der Waals surface area contributed by atoms with Crippen LogP contribution in [0.15, 0.2) is 47.8 Å². The molecule has 0 aliphatic heterocycles. The highest BCUT2D eigenvalue weighted by Crippen LogP contribution is 2.18. The Hall–Kier alpha value is -2.15. The zero-order valence-electron chi connectivity index (χ0n) is 9.69. The van der Waals surface area contributed by atoms with Crippen molar-refractivity contribution >= 4 is 21.5 Å². The molecule has 0 aliphatic carbocycles. The summed E-state index contributed by atoms with van der Waals surface area (Å²) in [4.78, 5) is 7.80. The lowest BCUT2D eigenvalue weighted by Gasteiger charge is -2.17. The maximum Gasteiger partial charge on any atom is 0.282 e. The molecule has 94 valence electrons. The van der Waals surface area contributed by atoms with Crippen LogP contribution in [0.1, 0.15) is 0 Å². The van der Waals surface area contributed by atoms with Crippen molar-refractivity contribution in [3.63, 3.8) is 0 Å². The van der Waals surface area contributed by atoms with Crippen LogP contribution >= 0.6 is 0 Å². The summed E-state index contributed by atoms with van der Waals surface area (Å²) in [7, 11) is -2.27. The number of sulfonamides is 1. The Balaban J connectivity index is 2.39. The summed E-state index contributed by atoms with van der Waals surface area (Å²) >= 11 is 0. The fourth-order valence-electron chi connectivity index (χ4n) is 1.35. The lowest BCUT2D eigenvalue weighted by molar-refractivity contribution is 0.590. The van der Waals surface area contributed by atoms with Crippen molar-refractivity contribution in [2.24, 2.45) is 0 Å². The highest BCUT2D eigenvalue weighted by molar-refractivity contribution is 7.92. The fraction of sp³-hybridized carbons (Fsp3) is 0.0909. The first kappa shape index (κ1) is 12.3. The van der Waals surface area contributed by atoms with Crippen LogP contribution in [-0.4, -0.2) is 25.4 Å². The normalized spacial score (nSPS) is 11.2. The Bertz CT molecular complexity index is 626. The van der Waals surface area contributed by atoms with Crippen molar-refractivity contribution < 1.29 is 8.42 Å². The SMILES string of the molecule is CN(c1ccc(N)cn1)S(=O)(=O)c1ccccn1. The number of rotatable bonds is 3. The van der Waals surface area contributed by atoms with E-state index in [0.717, 1.165) is 4.31 Å². The summed E-state index contributed by atoms with van der Waals surface area (Å²) in [5, 5.41) is -0.0221. The van der Waals surface area contributed by atoms with Gasteiger partial charge in [-0.2, -0.15) is 8.42 Å². The smallest absolute Gasteiger partial charge is 0.282 e. The molecule has 7 heteroatoms. The lowest BCUT2D eigenvalue weighted by atomic mass is 10.4. The number of nitrogen functional groups attached to an aromatic ring is 1. The van der Waals surface area contributed by atoms with Crippen LogP contribution < -0.4 is 10.0 Å². The van der Waals surface area contributed by atoms with Gasteiger partial charge in [-0.1, -0.05) is 6.07 Å². The van der Waals surface area contributed by atoms with Crippen molar-refractivity contribution in [1.82, 2.24) is 9.97 Å². The first-order valence-corrected chi connectivity index (χ1v) is 6.57. The van der Waals surface area contributed by atoms with E-state index in [2.05, 4.69) is 9.97 Å². The van der Waals surface area contributed by atoms with E-state index in [1.165, 1.54) is 31.6 Å². The molecule has 0 atom stereocenters. The highest BCUT2D eigenvalue weighted by atomic mass is 32.2. The topological polar surface area (TPSA) is 89.2 Å². The molecular weight excluding hydrogens is 252 g/mol. The molecule has 2 rings (SSSR count). The van der Waals surface area contributed by atoms with Crippen LogP contribution in [-0.2, 0) is 10.0 Å². The summed E-state index contributed by atoms with van der Waals surface area (Å²) in [6.07, 6.45) is 2.83. The van der Waals surface area contributed by atoms with Gasteiger partial charge < -0.3 is 5.73 Å². The monoisotopic (exact) mass is 264 g/mol.